The van der Waals surface area contributed by atoms with E-state index in [2.05, 4.69) is 36.5 Å². The summed E-state index contributed by atoms with van der Waals surface area (Å²) in [5.41, 5.74) is 2.48. The topological polar surface area (TPSA) is 32.3 Å². The maximum atomic E-state index is 12.1. The molecule has 2 rings (SSSR count). The number of benzene rings is 1. The number of nitrogens with zero attached hydrogens (tertiary/aromatic N) is 1. The summed E-state index contributed by atoms with van der Waals surface area (Å²) in [6.07, 6.45) is 2.82. The smallest absolute Gasteiger partial charge is 0.227 e. The van der Waals surface area contributed by atoms with Gasteiger partial charge in [-0.1, -0.05) is 37.6 Å². The predicted molar refractivity (Wildman–Crippen MR) is 73.6 cm³/mol. The Morgan fingerprint density at radius 1 is 1.17 bits per heavy atom. The maximum absolute atomic E-state index is 12.1. The zero-order chi connectivity index (χ0) is 12.8. The first-order valence-corrected chi connectivity index (χ1v) is 6.86. The Morgan fingerprint density at radius 2 is 1.78 bits per heavy atom. The van der Waals surface area contributed by atoms with Gasteiger partial charge in [0, 0.05) is 26.2 Å². The fourth-order valence-electron chi connectivity index (χ4n) is 2.31. The lowest BCUT2D eigenvalue weighted by Gasteiger charge is -2.27. The third kappa shape index (κ3) is 3.57. The Morgan fingerprint density at radius 3 is 2.39 bits per heavy atom. The number of rotatable bonds is 4. The van der Waals surface area contributed by atoms with Crippen molar-refractivity contribution in [2.45, 2.75) is 26.2 Å². The van der Waals surface area contributed by atoms with Crippen LogP contribution in [0.15, 0.2) is 24.3 Å². The molecule has 1 aliphatic heterocycles. The Hall–Kier alpha value is -1.35. The molecule has 1 amide bonds. The van der Waals surface area contributed by atoms with Gasteiger partial charge in [0.05, 0.1) is 6.42 Å². The van der Waals surface area contributed by atoms with Crippen molar-refractivity contribution in [2.75, 3.05) is 26.2 Å². The Kier molecular flexibility index (Phi) is 4.76. The lowest BCUT2D eigenvalue weighted by molar-refractivity contribution is -0.131. The predicted octanol–water partition coefficient (Wildman–Crippen LogP) is 1.61. The van der Waals surface area contributed by atoms with Gasteiger partial charge in [0.15, 0.2) is 0 Å². The quantitative estimate of drug-likeness (QED) is 0.875. The second-order valence-electron chi connectivity index (χ2n) is 4.87. The first-order valence-electron chi connectivity index (χ1n) is 6.86. The number of carbonyl (C=O) groups is 1. The highest BCUT2D eigenvalue weighted by Gasteiger charge is 2.15. The number of carbonyl (C=O) groups excluding carboxylic acids is 1. The maximum Gasteiger partial charge on any atom is 0.227 e. The zero-order valence-corrected chi connectivity index (χ0v) is 11.1. The van der Waals surface area contributed by atoms with E-state index in [4.69, 9.17) is 0 Å². The SMILES string of the molecule is CCCc1ccc(CC(=O)N2CCNCC2)cc1. The first-order chi connectivity index (χ1) is 8.79. The Labute approximate surface area is 109 Å². The fraction of sp³-hybridized carbons (Fsp3) is 0.533. The van der Waals surface area contributed by atoms with Crippen LogP contribution in [0.4, 0.5) is 0 Å². The van der Waals surface area contributed by atoms with Crippen molar-refractivity contribution in [2.24, 2.45) is 0 Å². The van der Waals surface area contributed by atoms with Crippen molar-refractivity contribution in [3.63, 3.8) is 0 Å². The van der Waals surface area contributed by atoms with Crippen molar-refractivity contribution in [3.05, 3.63) is 35.4 Å². The van der Waals surface area contributed by atoms with Crippen LogP contribution in [0.5, 0.6) is 0 Å². The van der Waals surface area contributed by atoms with Crippen LogP contribution in [0.3, 0.4) is 0 Å². The Balaban J connectivity index is 1.89. The Bertz CT molecular complexity index is 380. The lowest BCUT2D eigenvalue weighted by atomic mass is 10.1. The van der Waals surface area contributed by atoms with Gasteiger partial charge in [-0.25, -0.2) is 0 Å². The van der Waals surface area contributed by atoms with Gasteiger partial charge < -0.3 is 10.2 Å². The van der Waals surface area contributed by atoms with Crippen LogP contribution in [-0.4, -0.2) is 37.0 Å². The average Bonchev–Trinajstić information content (AvgIpc) is 2.42. The van der Waals surface area contributed by atoms with Gasteiger partial charge in [0.1, 0.15) is 0 Å². The molecule has 0 atom stereocenters. The number of amides is 1. The van der Waals surface area contributed by atoms with E-state index >= 15 is 0 Å². The summed E-state index contributed by atoms with van der Waals surface area (Å²) in [7, 11) is 0. The monoisotopic (exact) mass is 246 g/mol. The van der Waals surface area contributed by atoms with Crippen LogP contribution in [-0.2, 0) is 17.6 Å². The van der Waals surface area contributed by atoms with Crippen molar-refractivity contribution in [1.82, 2.24) is 10.2 Å². The molecule has 0 saturated carbocycles. The van der Waals surface area contributed by atoms with E-state index in [0.717, 1.165) is 38.2 Å². The van der Waals surface area contributed by atoms with E-state index in [1.54, 1.807) is 0 Å². The van der Waals surface area contributed by atoms with Gasteiger partial charge >= 0.3 is 0 Å². The minimum atomic E-state index is 0.250. The summed E-state index contributed by atoms with van der Waals surface area (Å²) < 4.78 is 0. The summed E-state index contributed by atoms with van der Waals surface area (Å²) in [4.78, 5) is 14.0. The molecule has 0 spiro atoms. The molecule has 0 unspecified atom stereocenters. The van der Waals surface area contributed by atoms with Crippen LogP contribution in [0.2, 0.25) is 0 Å². The third-order valence-corrected chi connectivity index (χ3v) is 3.39. The number of aryl methyl sites for hydroxylation is 1. The number of hydrogen-bond donors (Lipinski definition) is 1. The van der Waals surface area contributed by atoms with Crippen molar-refractivity contribution < 1.29 is 4.79 Å². The summed E-state index contributed by atoms with van der Waals surface area (Å²) in [5, 5.41) is 3.26. The van der Waals surface area contributed by atoms with Gasteiger partial charge in [-0.15, -0.1) is 0 Å². The number of piperazine rings is 1. The number of nitrogens with one attached hydrogen (secondary N) is 1. The minimum Gasteiger partial charge on any atom is -0.340 e. The molecule has 1 heterocycles. The summed E-state index contributed by atoms with van der Waals surface area (Å²) in [6, 6.07) is 8.46. The molecule has 1 aromatic rings. The third-order valence-electron chi connectivity index (χ3n) is 3.39. The van der Waals surface area contributed by atoms with Crippen LogP contribution in [0, 0.1) is 0 Å². The summed E-state index contributed by atoms with van der Waals surface area (Å²) >= 11 is 0. The highest BCUT2D eigenvalue weighted by Crippen LogP contribution is 2.09. The molecule has 0 aromatic heterocycles. The molecule has 3 heteroatoms. The van der Waals surface area contributed by atoms with Gasteiger partial charge in [0.2, 0.25) is 5.91 Å². The van der Waals surface area contributed by atoms with Crippen LogP contribution in [0.1, 0.15) is 24.5 Å². The van der Waals surface area contributed by atoms with Crippen molar-refractivity contribution in [3.8, 4) is 0 Å². The zero-order valence-electron chi connectivity index (χ0n) is 11.1. The number of hydrogen-bond acceptors (Lipinski definition) is 2. The molecule has 0 bridgehead atoms. The second kappa shape index (κ2) is 6.55. The van der Waals surface area contributed by atoms with Crippen LogP contribution in [0.25, 0.3) is 0 Å². The van der Waals surface area contributed by atoms with Crippen LogP contribution >= 0.6 is 0 Å². The summed E-state index contributed by atoms with van der Waals surface area (Å²) in [5.74, 6) is 0.250. The second-order valence-corrected chi connectivity index (χ2v) is 4.87. The standard InChI is InChI=1S/C15H22N2O/c1-2-3-13-4-6-14(7-5-13)12-15(18)17-10-8-16-9-11-17/h4-7,16H,2-3,8-12H2,1H3. The van der Waals surface area contributed by atoms with E-state index in [1.807, 2.05) is 4.90 Å². The molecule has 98 valence electrons. The van der Waals surface area contributed by atoms with Crippen molar-refractivity contribution in [1.29, 1.82) is 0 Å². The average molecular weight is 246 g/mol. The first kappa shape index (κ1) is 13.1. The van der Waals surface area contributed by atoms with Crippen LogP contribution < -0.4 is 5.32 Å². The van der Waals surface area contributed by atoms with E-state index < -0.39 is 0 Å². The molecular weight excluding hydrogens is 224 g/mol. The molecule has 1 N–H and O–H groups in total. The molecule has 1 saturated heterocycles. The van der Waals surface area contributed by atoms with E-state index in [9.17, 15) is 4.79 Å². The molecule has 1 aliphatic rings. The molecule has 0 radical (unpaired) electrons. The lowest BCUT2D eigenvalue weighted by Crippen LogP contribution is -2.46. The molecular formula is C15H22N2O. The molecule has 18 heavy (non-hydrogen) atoms. The van der Waals surface area contributed by atoms with Gasteiger partial charge in [-0.05, 0) is 17.5 Å². The molecule has 1 fully saturated rings. The largest absolute Gasteiger partial charge is 0.340 e. The molecule has 0 aliphatic carbocycles. The van der Waals surface area contributed by atoms with Gasteiger partial charge in [-0.3, -0.25) is 4.79 Å². The van der Waals surface area contributed by atoms with E-state index in [0.29, 0.717) is 6.42 Å². The minimum absolute atomic E-state index is 0.250. The highest BCUT2D eigenvalue weighted by atomic mass is 16.2. The van der Waals surface area contributed by atoms with Gasteiger partial charge in [-0.2, -0.15) is 0 Å². The van der Waals surface area contributed by atoms with E-state index in [1.165, 1.54) is 12.0 Å². The van der Waals surface area contributed by atoms with Gasteiger partial charge in [0.25, 0.3) is 0 Å². The summed E-state index contributed by atoms with van der Waals surface area (Å²) in [6.45, 7) is 5.70. The molecule has 3 nitrogen and oxygen atoms in total. The van der Waals surface area contributed by atoms with E-state index in [-0.39, 0.29) is 5.91 Å². The van der Waals surface area contributed by atoms with Crippen molar-refractivity contribution >= 4 is 5.91 Å². The highest BCUT2D eigenvalue weighted by molar-refractivity contribution is 5.78. The molecule has 1 aromatic carbocycles. The normalized spacial score (nSPS) is 15.7. The fourth-order valence-corrected chi connectivity index (χ4v) is 2.31.